The number of benzene rings is 2. The third-order valence-corrected chi connectivity index (χ3v) is 4.10. The van der Waals surface area contributed by atoms with Gasteiger partial charge in [-0.2, -0.15) is 0 Å². The molecule has 0 radical (unpaired) electrons. The maximum Gasteiger partial charge on any atom is 0.131 e. The van der Waals surface area contributed by atoms with Crippen molar-refractivity contribution in [1.29, 1.82) is 0 Å². The summed E-state index contributed by atoms with van der Waals surface area (Å²) in [6.45, 7) is 5.38. The monoisotopic (exact) mass is 294 g/mol. The van der Waals surface area contributed by atoms with E-state index in [9.17, 15) is 10.2 Å². The Morgan fingerprint density at radius 3 is 2.32 bits per heavy atom. The Labute approximate surface area is 128 Å². The van der Waals surface area contributed by atoms with E-state index < -0.39 is 0 Å². The number of imidazole rings is 1. The van der Waals surface area contributed by atoms with E-state index in [1.54, 1.807) is 32.9 Å². The predicted molar refractivity (Wildman–Crippen MR) is 89.0 cm³/mol. The summed E-state index contributed by atoms with van der Waals surface area (Å²) in [4.78, 5) is 7.67. The Morgan fingerprint density at radius 2 is 1.59 bits per heavy atom. The van der Waals surface area contributed by atoms with Crippen molar-refractivity contribution in [1.82, 2.24) is 9.97 Å². The molecule has 0 aliphatic carbocycles. The van der Waals surface area contributed by atoms with Crippen LogP contribution >= 0.6 is 0 Å². The number of aromatic hydroxyl groups is 2. The fourth-order valence-corrected chi connectivity index (χ4v) is 2.56. The Bertz CT molecular complexity index is 829. The quantitative estimate of drug-likeness (QED) is 0.624. The molecule has 1 heterocycles. The van der Waals surface area contributed by atoms with E-state index in [0.29, 0.717) is 28.1 Å². The molecular weight excluding hydrogens is 276 g/mol. The molecule has 4 nitrogen and oxygen atoms in total. The minimum absolute atomic E-state index is 0.195. The number of nitrogens with one attached hydrogen (secondary N) is 1. The first-order valence-corrected chi connectivity index (χ1v) is 7.13. The number of rotatable bonds is 2. The number of nitrogens with zero attached hydrogens (tertiary/aromatic N) is 1. The van der Waals surface area contributed by atoms with Crippen molar-refractivity contribution in [3.8, 4) is 11.5 Å². The van der Waals surface area contributed by atoms with Crippen LogP contribution in [0, 0.1) is 20.8 Å². The maximum absolute atomic E-state index is 10.3. The predicted octanol–water partition coefficient (Wildman–Crippen LogP) is 4.07. The Hall–Kier alpha value is -2.75. The minimum Gasteiger partial charge on any atom is -0.507 e. The number of hydrogen-bond acceptors (Lipinski definition) is 3. The lowest BCUT2D eigenvalue weighted by Crippen LogP contribution is -1.92. The molecule has 3 aromatic rings. The molecule has 0 aliphatic heterocycles. The van der Waals surface area contributed by atoms with Crippen molar-refractivity contribution >= 4 is 23.2 Å². The number of phenolic OH excluding ortho intramolecular Hbond substituents is 2. The number of para-hydroxylation sites is 2. The smallest absolute Gasteiger partial charge is 0.131 e. The highest BCUT2D eigenvalue weighted by molar-refractivity contribution is 5.80. The Kier molecular flexibility index (Phi) is 3.37. The SMILES string of the molecule is Cc1c(C)c(O)c(/C=C/c2nc3ccccc3[nH]2)c(C)c1O. The van der Waals surface area contributed by atoms with Gasteiger partial charge in [0.25, 0.3) is 0 Å². The van der Waals surface area contributed by atoms with E-state index in [1.807, 2.05) is 24.3 Å². The topological polar surface area (TPSA) is 69.1 Å². The van der Waals surface area contributed by atoms with Crippen LogP contribution in [-0.4, -0.2) is 20.2 Å². The summed E-state index contributed by atoms with van der Waals surface area (Å²) >= 11 is 0. The van der Waals surface area contributed by atoms with Crippen molar-refractivity contribution in [3.63, 3.8) is 0 Å². The van der Waals surface area contributed by atoms with E-state index in [-0.39, 0.29) is 11.5 Å². The molecule has 0 unspecified atom stereocenters. The Morgan fingerprint density at radius 1 is 0.909 bits per heavy atom. The normalized spacial score (nSPS) is 11.6. The first-order valence-electron chi connectivity index (χ1n) is 7.13. The lowest BCUT2D eigenvalue weighted by atomic mass is 9.97. The summed E-state index contributed by atoms with van der Waals surface area (Å²) in [5.74, 6) is 1.12. The second kappa shape index (κ2) is 5.22. The fraction of sp³-hybridized carbons (Fsp3) is 0.167. The number of aromatic amines is 1. The van der Waals surface area contributed by atoms with Crippen LogP contribution in [0.1, 0.15) is 28.1 Å². The molecule has 1 aromatic heterocycles. The molecule has 0 bridgehead atoms. The summed E-state index contributed by atoms with van der Waals surface area (Å²) in [5.41, 5.74) is 4.52. The van der Waals surface area contributed by atoms with Crippen molar-refractivity contribution in [3.05, 3.63) is 52.3 Å². The maximum atomic E-state index is 10.3. The van der Waals surface area contributed by atoms with E-state index in [0.717, 1.165) is 11.0 Å². The van der Waals surface area contributed by atoms with Crippen molar-refractivity contribution < 1.29 is 10.2 Å². The molecule has 2 aromatic carbocycles. The molecule has 4 heteroatoms. The number of H-pyrrole nitrogens is 1. The van der Waals surface area contributed by atoms with Gasteiger partial charge in [-0.05, 0) is 56.2 Å². The van der Waals surface area contributed by atoms with Gasteiger partial charge in [0.1, 0.15) is 17.3 Å². The van der Waals surface area contributed by atoms with Gasteiger partial charge in [0.15, 0.2) is 0 Å². The third-order valence-electron chi connectivity index (χ3n) is 4.10. The molecule has 22 heavy (non-hydrogen) atoms. The fourth-order valence-electron chi connectivity index (χ4n) is 2.56. The average Bonchev–Trinajstić information content (AvgIpc) is 2.94. The zero-order chi connectivity index (χ0) is 15.9. The number of phenols is 2. The molecule has 0 amide bonds. The molecular formula is C18H18N2O2. The molecule has 0 saturated carbocycles. The Balaban J connectivity index is 2.06. The molecule has 3 N–H and O–H groups in total. The van der Waals surface area contributed by atoms with Gasteiger partial charge in [0.2, 0.25) is 0 Å². The number of hydrogen-bond donors (Lipinski definition) is 3. The van der Waals surface area contributed by atoms with Crippen molar-refractivity contribution in [2.75, 3.05) is 0 Å². The number of fused-ring (bicyclic) bond motifs is 1. The lowest BCUT2D eigenvalue weighted by Gasteiger charge is -2.13. The van der Waals surface area contributed by atoms with Crippen LogP contribution in [0.25, 0.3) is 23.2 Å². The highest BCUT2D eigenvalue weighted by atomic mass is 16.3. The van der Waals surface area contributed by atoms with Gasteiger partial charge < -0.3 is 15.2 Å². The highest BCUT2D eigenvalue weighted by Gasteiger charge is 2.14. The van der Waals surface area contributed by atoms with Crippen LogP contribution in [-0.2, 0) is 0 Å². The second-order valence-corrected chi connectivity index (χ2v) is 5.46. The van der Waals surface area contributed by atoms with Crippen LogP contribution in [0.5, 0.6) is 11.5 Å². The lowest BCUT2D eigenvalue weighted by molar-refractivity contribution is 0.448. The molecule has 3 rings (SSSR count). The molecule has 112 valence electrons. The van der Waals surface area contributed by atoms with Crippen LogP contribution in [0.2, 0.25) is 0 Å². The summed E-state index contributed by atoms with van der Waals surface area (Å²) in [7, 11) is 0. The summed E-state index contributed by atoms with van der Waals surface area (Å²) in [6.07, 6.45) is 3.57. The van der Waals surface area contributed by atoms with Gasteiger partial charge in [-0.1, -0.05) is 12.1 Å². The van der Waals surface area contributed by atoms with E-state index in [2.05, 4.69) is 9.97 Å². The minimum atomic E-state index is 0.195. The van der Waals surface area contributed by atoms with Gasteiger partial charge in [-0.15, -0.1) is 0 Å². The van der Waals surface area contributed by atoms with E-state index in [4.69, 9.17) is 0 Å². The zero-order valence-corrected chi connectivity index (χ0v) is 12.8. The summed E-state index contributed by atoms with van der Waals surface area (Å²) in [5, 5.41) is 20.4. The van der Waals surface area contributed by atoms with E-state index >= 15 is 0 Å². The first-order chi connectivity index (χ1) is 10.5. The molecule has 0 spiro atoms. The van der Waals surface area contributed by atoms with Gasteiger partial charge in [0.05, 0.1) is 11.0 Å². The molecule has 0 saturated heterocycles. The van der Waals surface area contributed by atoms with Gasteiger partial charge in [-0.3, -0.25) is 0 Å². The van der Waals surface area contributed by atoms with Gasteiger partial charge in [0, 0.05) is 11.1 Å². The van der Waals surface area contributed by atoms with Crippen LogP contribution in [0.15, 0.2) is 24.3 Å². The van der Waals surface area contributed by atoms with Crippen LogP contribution in [0.4, 0.5) is 0 Å². The van der Waals surface area contributed by atoms with Crippen LogP contribution < -0.4 is 0 Å². The summed E-state index contributed by atoms with van der Waals surface area (Å²) < 4.78 is 0. The highest BCUT2D eigenvalue weighted by Crippen LogP contribution is 2.37. The van der Waals surface area contributed by atoms with Gasteiger partial charge in [-0.25, -0.2) is 4.98 Å². The van der Waals surface area contributed by atoms with Crippen molar-refractivity contribution in [2.45, 2.75) is 20.8 Å². The third kappa shape index (κ3) is 2.22. The van der Waals surface area contributed by atoms with E-state index in [1.165, 1.54) is 0 Å². The standard InChI is InChI=1S/C18H18N2O2/c1-10-11(2)18(22)13(12(3)17(10)21)8-9-16-19-14-6-4-5-7-15(14)20-16/h4-9,21-22H,1-3H3,(H,19,20)/b9-8+. The molecule has 0 aliphatic rings. The molecule has 0 fully saturated rings. The largest absolute Gasteiger partial charge is 0.507 e. The zero-order valence-electron chi connectivity index (χ0n) is 12.8. The number of aromatic nitrogens is 2. The summed E-state index contributed by atoms with van der Waals surface area (Å²) in [6, 6.07) is 7.79. The molecule has 0 atom stereocenters. The second-order valence-electron chi connectivity index (χ2n) is 5.46. The first kappa shape index (κ1) is 14.2. The average molecular weight is 294 g/mol. The van der Waals surface area contributed by atoms with Crippen LogP contribution in [0.3, 0.4) is 0 Å². The van der Waals surface area contributed by atoms with Gasteiger partial charge >= 0.3 is 0 Å². The van der Waals surface area contributed by atoms with Crippen molar-refractivity contribution in [2.24, 2.45) is 0 Å².